The lowest BCUT2D eigenvalue weighted by molar-refractivity contribution is 0.232. The van der Waals surface area contributed by atoms with Crippen LogP contribution in [0.25, 0.3) is 0 Å². The number of hydrogen-bond donors (Lipinski definition) is 1. The summed E-state index contributed by atoms with van der Waals surface area (Å²) in [4.78, 5) is 12.7. The van der Waals surface area contributed by atoms with Crippen LogP contribution >= 0.6 is 15.9 Å². The Kier molecular flexibility index (Phi) is 3.51. The van der Waals surface area contributed by atoms with E-state index in [1.54, 1.807) is 6.20 Å². The lowest BCUT2D eigenvalue weighted by Gasteiger charge is -2.01. The second-order valence-electron chi connectivity index (χ2n) is 1.82. The summed E-state index contributed by atoms with van der Waals surface area (Å²) in [5.41, 5.74) is 2.54. The Morgan fingerprint density at radius 3 is 3.00 bits per heavy atom. The Hall–Kier alpha value is -1.12. The molecule has 0 aliphatic heterocycles. The summed E-state index contributed by atoms with van der Waals surface area (Å²) in [5.74, 6) is 2.83. The molecule has 1 heterocycles. The van der Waals surface area contributed by atoms with Gasteiger partial charge in [-0.25, -0.2) is 15.4 Å². The number of aromatic nitrogens is 2. The molecule has 5 heteroatoms. The Bertz CT molecular complexity index is 280. The summed E-state index contributed by atoms with van der Waals surface area (Å²) in [7, 11) is 0. The smallest absolute Gasteiger partial charge is 0.168 e. The third-order valence-electron chi connectivity index (χ3n) is 0.953. The van der Waals surface area contributed by atoms with E-state index in [2.05, 4.69) is 37.3 Å². The number of anilines is 1. The Morgan fingerprint density at radius 2 is 2.42 bits per heavy atom. The van der Waals surface area contributed by atoms with Crippen molar-refractivity contribution in [2.24, 2.45) is 0 Å². The van der Waals surface area contributed by atoms with E-state index in [-0.39, 0.29) is 6.61 Å². The van der Waals surface area contributed by atoms with E-state index in [9.17, 15) is 0 Å². The molecule has 0 aromatic carbocycles. The van der Waals surface area contributed by atoms with Crippen LogP contribution in [0.2, 0.25) is 0 Å². The number of terminal acetylenes is 1. The lowest BCUT2D eigenvalue weighted by Crippen LogP contribution is -2.03. The van der Waals surface area contributed by atoms with Crippen molar-refractivity contribution in [2.45, 2.75) is 0 Å². The van der Waals surface area contributed by atoms with E-state index in [4.69, 9.17) is 11.3 Å². The van der Waals surface area contributed by atoms with Gasteiger partial charge in [0, 0.05) is 0 Å². The molecule has 0 aliphatic rings. The van der Waals surface area contributed by atoms with Crippen molar-refractivity contribution in [3.63, 3.8) is 0 Å². The first-order valence-corrected chi connectivity index (χ1v) is 3.91. The molecule has 0 fully saturated rings. The maximum Gasteiger partial charge on any atom is 0.168 e. The molecule has 12 heavy (non-hydrogen) atoms. The fraction of sp³-hybridized carbons (Fsp3) is 0.143. The molecule has 1 rings (SSSR count). The fourth-order valence-electron chi connectivity index (χ4n) is 0.517. The van der Waals surface area contributed by atoms with Crippen molar-refractivity contribution in [1.29, 1.82) is 0 Å². The van der Waals surface area contributed by atoms with Crippen LogP contribution in [0, 0.1) is 12.3 Å². The molecular weight excluding hydrogens is 222 g/mol. The van der Waals surface area contributed by atoms with Crippen LogP contribution in [-0.2, 0) is 4.84 Å². The summed E-state index contributed by atoms with van der Waals surface area (Å²) in [6, 6.07) is 0. The highest BCUT2D eigenvalue weighted by Gasteiger charge is 1.92. The van der Waals surface area contributed by atoms with E-state index >= 15 is 0 Å². The van der Waals surface area contributed by atoms with Gasteiger partial charge in [-0.1, -0.05) is 5.92 Å². The highest BCUT2D eigenvalue weighted by molar-refractivity contribution is 9.10. The first-order chi connectivity index (χ1) is 5.83. The number of halogens is 1. The van der Waals surface area contributed by atoms with Gasteiger partial charge < -0.3 is 0 Å². The topological polar surface area (TPSA) is 47.0 Å². The van der Waals surface area contributed by atoms with Crippen LogP contribution in [0.4, 0.5) is 5.82 Å². The third kappa shape index (κ3) is 2.86. The quantitative estimate of drug-likeness (QED) is 0.480. The van der Waals surface area contributed by atoms with E-state index in [1.807, 2.05) is 0 Å². The highest BCUT2D eigenvalue weighted by atomic mass is 79.9. The molecule has 1 aromatic rings. The van der Waals surface area contributed by atoms with E-state index in [0.29, 0.717) is 10.4 Å². The van der Waals surface area contributed by atoms with Gasteiger partial charge >= 0.3 is 0 Å². The van der Waals surface area contributed by atoms with Crippen LogP contribution in [0.15, 0.2) is 17.0 Å². The SMILES string of the molecule is C#CCONc1cnc(Br)cn1. The zero-order chi connectivity index (χ0) is 8.81. The first-order valence-electron chi connectivity index (χ1n) is 3.11. The van der Waals surface area contributed by atoms with Crippen LogP contribution in [0.1, 0.15) is 0 Å². The minimum absolute atomic E-state index is 0.192. The van der Waals surface area contributed by atoms with Crippen LogP contribution in [0.5, 0.6) is 0 Å². The molecule has 0 saturated carbocycles. The molecule has 0 bridgehead atoms. The molecular formula is C7H6BrN3O. The fourth-order valence-corrected chi connectivity index (χ4v) is 0.721. The third-order valence-corrected chi connectivity index (χ3v) is 1.36. The minimum atomic E-state index is 0.192. The second kappa shape index (κ2) is 4.70. The van der Waals surface area contributed by atoms with Gasteiger partial charge in [0.15, 0.2) is 5.82 Å². The number of nitrogens with zero attached hydrogens (tertiary/aromatic N) is 2. The van der Waals surface area contributed by atoms with Gasteiger partial charge in [0.2, 0.25) is 0 Å². The molecule has 0 radical (unpaired) electrons. The molecule has 0 spiro atoms. The summed E-state index contributed by atoms with van der Waals surface area (Å²) < 4.78 is 0.671. The average Bonchev–Trinajstić information content (AvgIpc) is 2.09. The number of rotatable bonds is 3. The van der Waals surface area contributed by atoms with Crippen molar-refractivity contribution < 1.29 is 4.84 Å². The molecule has 0 unspecified atom stereocenters. The van der Waals surface area contributed by atoms with Crippen LogP contribution < -0.4 is 5.48 Å². The van der Waals surface area contributed by atoms with E-state index in [1.165, 1.54) is 6.20 Å². The molecule has 0 aliphatic carbocycles. The van der Waals surface area contributed by atoms with Crippen molar-refractivity contribution >= 4 is 21.7 Å². The lowest BCUT2D eigenvalue weighted by atomic mass is 10.7. The minimum Gasteiger partial charge on any atom is -0.262 e. The number of hydrogen-bond acceptors (Lipinski definition) is 4. The summed E-state index contributed by atoms with van der Waals surface area (Å²) >= 11 is 3.15. The average molecular weight is 228 g/mol. The van der Waals surface area contributed by atoms with Crippen LogP contribution in [0.3, 0.4) is 0 Å². The Balaban J connectivity index is 2.43. The molecule has 4 nitrogen and oxygen atoms in total. The molecule has 1 N–H and O–H groups in total. The van der Waals surface area contributed by atoms with E-state index in [0.717, 1.165) is 0 Å². The Labute approximate surface area is 78.4 Å². The van der Waals surface area contributed by atoms with Gasteiger partial charge in [0.05, 0.1) is 12.4 Å². The Morgan fingerprint density at radius 1 is 1.58 bits per heavy atom. The highest BCUT2D eigenvalue weighted by Crippen LogP contribution is 2.05. The normalized spacial score (nSPS) is 9.00. The molecule has 1 aromatic heterocycles. The van der Waals surface area contributed by atoms with Crippen molar-refractivity contribution in [1.82, 2.24) is 9.97 Å². The number of nitrogens with one attached hydrogen (secondary N) is 1. The molecule has 0 saturated heterocycles. The van der Waals surface area contributed by atoms with Gasteiger partial charge in [-0.3, -0.25) is 4.84 Å². The molecule has 62 valence electrons. The van der Waals surface area contributed by atoms with Crippen molar-refractivity contribution in [2.75, 3.05) is 12.1 Å². The van der Waals surface area contributed by atoms with Gasteiger partial charge in [-0.2, -0.15) is 0 Å². The van der Waals surface area contributed by atoms with Gasteiger partial charge in [-0.15, -0.1) is 6.42 Å². The van der Waals surface area contributed by atoms with Gasteiger partial charge in [0.1, 0.15) is 11.2 Å². The van der Waals surface area contributed by atoms with Crippen LogP contribution in [-0.4, -0.2) is 16.6 Å². The maximum absolute atomic E-state index is 4.96. The second-order valence-corrected chi connectivity index (χ2v) is 2.63. The zero-order valence-corrected chi connectivity index (χ0v) is 7.71. The summed E-state index contributed by atoms with van der Waals surface area (Å²) in [6.07, 6.45) is 8.04. The van der Waals surface area contributed by atoms with E-state index < -0.39 is 0 Å². The molecule has 0 amide bonds. The standard InChI is InChI=1S/C7H6BrN3O/c1-2-3-12-11-7-5-9-6(8)4-10-7/h1,4-5H,3H2,(H,10,11). The largest absolute Gasteiger partial charge is 0.262 e. The summed E-state index contributed by atoms with van der Waals surface area (Å²) in [5, 5.41) is 0. The van der Waals surface area contributed by atoms with Gasteiger partial charge in [0.25, 0.3) is 0 Å². The molecule has 0 atom stereocenters. The monoisotopic (exact) mass is 227 g/mol. The van der Waals surface area contributed by atoms with Crippen molar-refractivity contribution in [3.8, 4) is 12.3 Å². The predicted octanol–water partition coefficient (Wildman–Crippen LogP) is 1.22. The zero-order valence-electron chi connectivity index (χ0n) is 6.12. The van der Waals surface area contributed by atoms with Crippen molar-refractivity contribution in [3.05, 3.63) is 17.0 Å². The van der Waals surface area contributed by atoms with Gasteiger partial charge in [-0.05, 0) is 15.9 Å². The predicted molar refractivity (Wildman–Crippen MR) is 48.1 cm³/mol. The maximum atomic E-state index is 4.96. The summed E-state index contributed by atoms with van der Waals surface area (Å²) in [6.45, 7) is 0.192. The first kappa shape index (κ1) is 8.97.